The number of hydrogen-bond donors (Lipinski definition) is 1. The molecule has 0 radical (unpaired) electrons. The van der Waals surface area contributed by atoms with Crippen LogP contribution in [0.1, 0.15) is 75.5 Å². The van der Waals surface area contributed by atoms with Crippen molar-refractivity contribution in [2.45, 2.75) is 82.1 Å². The first-order valence-electron chi connectivity index (χ1n) is 13.1. The van der Waals surface area contributed by atoms with E-state index in [-0.39, 0.29) is 23.4 Å². The van der Waals surface area contributed by atoms with E-state index in [1.54, 1.807) is 29.9 Å². The molecule has 3 heterocycles. The number of carbonyl (C=O) groups excluding carboxylic acids is 2. The molecule has 1 N–H and O–H groups in total. The van der Waals surface area contributed by atoms with Crippen LogP contribution in [0.4, 0.5) is 5.82 Å². The Kier molecular flexibility index (Phi) is 7.48. The van der Waals surface area contributed by atoms with Gasteiger partial charge in [-0.1, -0.05) is 31.7 Å². The van der Waals surface area contributed by atoms with Gasteiger partial charge >= 0.3 is 5.97 Å². The third-order valence-corrected chi connectivity index (χ3v) is 9.59. The second-order valence-corrected chi connectivity index (χ2v) is 11.4. The van der Waals surface area contributed by atoms with Crippen LogP contribution in [-0.2, 0) is 19.7 Å². The molecule has 1 amide bonds. The fourth-order valence-corrected chi connectivity index (χ4v) is 7.13. The lowest BCUT2D eigenvalue weighted by molar-refractivity contribution is -0.182. The van der Waals surface area contributed by atoms with Gasteiger partial charge in [-0.3, -0.25) is 14.6 Å². The molecule has 1 atom stereocenters. The number of likely N-dealkylation sites (tertiary alicyclic amines) is 1. The zero-order valence-corrected chi connectivity index (χ0v) is 21.2. The van der Waals surface area contributed by atoms with Gasteiger partial charge in [0, 0.05) is 35.7 Å². The number of esters is 1. The number of hydrogen-bond acceptors (Lipinski definition) is 7. The van der Waals surface area contributed by atoms with E-state index in [9.17, 15) is 9.59 Å². The Morgan fingerprint density at radius 2 is 1.89 bits per heavy atom. The van der Waals surface area contributed by atoms with Crippen molar-refractivity contribution in [1.82, 2.24) is 14.9 Å². The molecule has 1 spiro atoms. The first kappa shape index (κ1) is 24.4. The van der Waals surface area contributed by atoms with Crippen molar-refractivity contribution in [1.29, 1.82) is 0 Å². The van der Waals surface area contributed by atoms with E-state index < -0.39 is 5.41 Å². The van der Waals surface area contributed by atoms with Gasteiger partial charge in [0.2, 0.25) is 5.91 Å². The summed E-state index contributed by atoms with van der Waals surface area (Å²) in [5.74, 6) is 0.473. The molecule has 8 heteroatoms. The molecule has 0 aromatic carbocycles. The highest BCUT2D eigenvalue weighted by atomic mass is 32.1. The van der Waals surface area contributed by atoms with Crippen LogP contribution in [0.5, 0.6) is 0 Å². The minimum absolute atomic E-state index is 0.0223. The number of amides is 1. The Labute approximate surface area is 211 Å². The number of nitrogens with one attached hydrogen (secondary N) is 1. The molecule has 1 aliphatic heterocycles. The lowest BCUT2D eigenvalue weighted by atomic mass is 9.60. The van der Waals surface area contributed by atoms with Crippen molar-refractivity contribution in [3.05, 3.63) is 41.0 Å². The standard InChI is InChI=1S/C27H36N4O3S/c32-24(30-23-20-28-14-15-29-23)8-16-31-17-12-26(13-18-31)11-7-21(26)34-25(33)27(22-6-5-19-35-22)9-3-1-2-4-10-27/h5-6,14-15,19-21H,1-4,7-13,16-18H2,(H,29,30,32)/t21-/m0/s1. The minimum atomic E-state index is -0.446. The summed E-state index contributed by atoms with van der Waals surface area (Å²) in [5.41, 5.74) is -0.325. The van der Waals surface area contributed by atoms with Crippen LogP contribution in [0.3, 0.4) is 0 Å². The Morgan fingerprint density at radius 3 is 2.51 bits per heavy atom. The van der Waals surface area contributed by atoms with E-state index in [4.69, 9.17) is 4.74 Å². The molecule has 5 rings (SSSR count). The van der Waals surface area contributed by atoms with Crippen molar-refractivity contribution in [3.63, 3.8) is 0 Å². The van der Waals surface area contributed by atoms with Crippen LogP contribution in [-0.4, -0.2) is 52.5 Å². The van der Waals surface area contributed by atoms with E-state index in [0.717, 1.165) is 71.0 Å². The van der Waals surface area contributed by atoms with E-state index in [0.29, 0.717) is 12.2 Å². The van der Waals surface area contributed by atoms with Crippen molar-refractivity contribution in [2.75, 3.05) is 25.0 Å². The monoisotopic (exact) mass is 496 g/mol. The van der Waals surface area contributed by atoms with Crippen molar-refractivity contribution >= 4 is 29.0 Å². The van der Waals surface area contributed by atoms with Crippen LogP contribution < -0.4 is 5.32 Å². The Morgan fingerprint density at radius 1 is 1.09 bits per heavy atom. The van der Waals surface area contributed by atoms with Gasteiger partial charge in [-0.15, -0.1) is 11.3 Å². The number of aromatic nitrogens is 2. The lowest BCUT2D eigenvalue weighted by Gasteiger charge is -2.53. The Hall–Kier alpha value is -2.32. The summed E-state index contributed by atoms with van der Waals surface area (Å²) in [7, 11) is 0. The molecule has 188 valence electrons. The van der Waals surface area contributed by atoms with Crippen molar-refractivity contribution in [3.8, 4) is 0 Å². The first-order chi connectivity index (χ1) is 17.1. The highest BCUT2D eigenvalue weighted by molar-refractivity contribution is 7.10. The number of nitrogens with zero attached hydrogens (tertiary/aromatic N) is 3. The van der Waals surface area contributed by atoms with Gasteiger partial charge in [0.05, 0.1) is 6.20 Å². The lowest BCUT2D eigenvalue weighted by Crippen LogP contribution is -2.55. The molecule has 0 bridgehead atoms. The SMILES string of the molecule is O=C(CCN1CCC2(CC[C@@H]2OC(=O)C2(c3cccs3)CCCCCC2)CC1)Nc1cnccn1. The normalized spacial score (nSPS) is 23.7. The van der Waals surface area contributed by atoms with Gasteiger partial charge in [0.15, 0.2) is 5.82 Å². The second-order valence-electron chi connectivity index (χ2n) is 10.5. The van der Waals surface area contributed by atoms with E-state index in [1.165, 1.54) is 17.7 Å². The van der Waals surface area contributed by atoms with Crippen LogP contribution in [0, 0.1) is 5.41 Å². The van der Waals surface area contributed by atoms with Gasteiger partial charge in [-0.2, -0.15) is 0 Å². The zero-order chi connectivity index (χ0) is 24.1. The van der Waals surface area contributed by atoms with E-state index in [2.05, 4.69) is 37.7 Å². The molecule has 3 fully saturated rings. The molecule has 2 aromatic rings. The smallest absolute Gasteiger partial charge is 0.317 e. The average Bonchev–Trinajstić information content (AvgIpc) is 3.31. The fraction of sp³-hybridized carbons (Fsp3) is 0.630. The van der Waals surface area contributed by atoms with Gasteiger partial charge in [-0.25, -0.2) is 4.98 Å². The molecule has 7 nitrogen and oxygen atoms in total. The largest absolute Gasteiger partial charge is 0.461 e. The quantitative estimate of drug-likeness (QED) is 0.431. The number of anilines is 1. The van der Waals surface area contributed by atoms with Crippen LogP contribution in [0.25, 0.3) is 0 Å². The minimum Gasteiger partial charge on any atom is -0.461 e. The van der Waals surface area contributed by atoms with Crippen LogP contribution in [0.15, 0.2) is 36.1 Å². The second kappa shape index (κ2) is 10.7. The summed E-state index contributed by atoms with van der Waals surface area (Å²) in [6.07, 6.45) is 15.8. The Bertz CT molecular complexity index is 981. The zero-order valence-electron chi connectivity index (χ0n) is 20.4. The Balaban J connectivity index is 1.14. The summed E-state index contributed by atoms with van der Waals surface area (Å²) in [6, 6.07) is 4.20. The number of thiophene rings is 1. The molecule has 2 saturated carbocycles. The number of carbonyl (C=O) groups is 2. The van der Waals surface area contributed by atoms with Gasteiger partial charge < -0.3 is 15.0 Å². The molecule has 2 aliphatic carbocycles. The summed E-state index contributed by atoms with van der Waals surface area (Å²) in [6.45, 7) is 2.62. The molecule has 3 aliphatic rings. The van der Waals surface area contributed by atoms with Crippen LogP contribution in [0.2, 0.25) is 0 Å². The number of piperidine rings is 1. The first-order valence-corrected chi connectivity index (χ1v) is 14.0. The molecule has 2 aromatic heterocycles. The third-order valence-electron chi connectivity index (χ3n) is 8.52. The molecule has 35 heavy (non-hydrogen) atoms. The highest BCUT2D eigenvalue weighted by Gasteiger charge is 2.53. The maximum Gasteiger partial charge on any atom is 0.317 e. The highest BCUT2D eigenvalue weighted by Crippen LogP contribution is 2.52. The summed E-state index contributed by atoms with van der Waals surface area (Å²) in [4.78, 5) is 37.6. The van der Waals surface area contributed by atoms with Crippen LogP contribution >= 0.6 is 11.3 Å². The molecular weight excluding hydrogens is 460 g/mol. The van der Waals surface area contributed by atoms with Gasteiger partial charge in [0.25, 0.3) is 0 Å². The summed E-state index contributed by atoms with van der Waals surface area (Å²) in [5, 5.41) is 4.89. The van der Waals surface area contributed by atoms with Crippen molar-refractivity contribution < 1.29 is 14.3 Å². The maximum absolute atomic E-state index is 13.7. The van der Waals surface area contributed by atoms with Gasteiger partial charge in [-0.05, 0) is 63.1 Å². The average molecular weight is 497 g/mol. The topological polar surface area (TPSA) is 84.4 Å². The molecular formula is C27H36N4O3S. The molecule has 1 saturated heterocycles. The predicted molar refractivity (Wildman–Crippen MR) is 136 cm³/mol. The van der Waals surface area contributed by atoms with E-state index >= 15 is 0 Å². The fourth-order valence-electron chi connectivity index (χ4n) is 6.15. The maximum atomic E-state index is 13.7. The van der Waals surface area contributed by atoms with E-state index in [1.807, 2.05) is 0 Å². The summed E-state index contributed by atoms with van der Waals surface area (Å²) >= 11 is 1.71. The number of ether oxygens (including phenoxy) is 1. The predicted octanol–water partition coefficient (Wildman–Crippen LogP) is 4.95. The summed E-state index contributed by atoms with van der Waals surface area (Å²) < 4.78 is 6.37. The third kappa shape index (κ3) is 5.28. The molecule has 0 unspecified atom stereocenters. The van der Waals surface area contributed by atoms with Crippen molar-refractivity contribution in [2.24, 2.45) is 5.41 Å². The van der Waals surface area contributed by atoms with Gasteiger partial charge in [0.1, 0.15) is 11.5 Å². The number of rotatable bonds is 7.